The number of carbonyl (C=O) groups excluding carboxylic acids is 1. The molecule has 9 heteroatoms. The molecule has 30 heavy (non-hydrogen) atoms. The molecule has 1 aliphatic rings. The fraction of sp³-hybridized carbons (Fsp3) is 0.286. The van der Waals surface area contributed by atoms with Crippen molar-refractivity contribution in [3.63, 3.8) is 0 Å². The Kier molecular flexibility index (Phi) is 5.62. The molecular formula is C21H22FN5O3. The lowest BCUT2D eigenvalue weighted by atomic mass is 10.1. The largest absolute Gasteiger partial charge is 0.497 e. The average molecular weight is 411 g/mol. The van der Waals surface area contributed by atoms with Gasteiger partial charge in [-0.3, -0.25) is 4.90 Å². The molecule has 2 heterocycles. The van der Waals surface area contributed by atoms with Gasteiger partial charge in [0.2, 0.25) is 11.7 Å². The van der Waals surface area contributed by atoms with Crippen LogP contribution in [-0.2, 0) is 0 Å². The minimum absolute atomic E-state index is 0.0700. The normalized spacial score (nSPS) is 18.9. The fourth-order valence-electron chi connectivity index (χ4n) is 3.51. The van der Waals surface area contributed by atoms with Crippen LogP contribution in [-0.4, -0.2) is 47.8 Å². The second kappa shape index (κ2) is 8.50. The van der Waals surface area contributed by atoms with E-state index >= 15 is 0 Å². The van der Waals surface area contributed by atoms with Crippen molar-refractivity contribution in [3.8, 4) is 17.1 Å². The molecule has 0 unspecified atom stereocenters. The summed E-state index contributed by atoms with van der Waals surface area (Å²) in [6, 6.07) is 12.6. The fourth-order valence-corrected chi connectivity index (χ4v) is 3.51. The number of aromatic nitrogens is 2. The summed E-state index contributed by atoms with van der Waals surface area (Å²) >= 11 is 0. The third-order valence-corrected chi connectivity index (χ3v) is 5.06. The molecule has 4 rings (SSSR count). The van der Waals surface area contributed by atoms with Gasteiger partial charge in [-0.2, -0.15) is 4.98 Å². The van der Waals surface area contributed by atoms with E-state index in [9.17, 15) is 9.18 Å². The van der Waals surface area contributed by atoms with Crippen LogP contribution in [0.1, 0.15) is 18.4 Å². The summed E-state index contributed by atoms with van der Waals surface area (Å²) in [5.41, 5.74) is 1.36. The number of halogens is 1. The van der Waals surface area contributed by atoms with E-state index < -0.39 is 0 Å². The molecule has 0 saturated carbocycles. The smallest absolute Gasteiger partial charge is 0.319 e. The lowest BCUT2D eigenvalue weighted by molar-refractivity contribution is 0.243. The molecule has 2 atom stereocenters. The Morgan fingerprint density at radius 3 is 2.63 bits per heavy atom. The molecule has 8 nitrogen and oxygen atoms in total. The van der Waals surface area contributed by atoms with Gasteiger partial charge in [0.05, 0.1) is 13.2 Å². The number of likely N-dealkylation sites (tertiary alicyclic amines) is 1. The van der Waals surface area contributed by atoms with Crippen molar-refractivity contribution in [3.05, 3.63) is 60.2 Å². The molecule has 2 aromatic carbocycles. The number of likely N-dealkylation sites (N-methyl/N-ethyl adjacent to an activating group) is 1. The van der Waals surface area contributed by atoms with Gasteiger partial charge in [-0.05, 0) is 62.0 Å². The molecule has 1 saturated heterocycles. The summed E-state index contributed by atoms with van der Waals surface area (Å²) in [6.07, 6.45) is 0.636. The number of hydrogen-bond acceptors (Lipinski definition) is 6. The Hall–Kier alpha value is -3.46. The van der Waals surface area contributed by atoms with Gasteiger partial charge in [-0.15, -0.1) is 0 Å². The van der Waals surface area contributed by atoms with E-state index in [4.69, 9.17) is 9.26 Å². The number of anilines is 1. The summed E-state index contributed by atoms with van der Waals surface area (Å²) in [4.78, 5) is 18.8. The second-order valence-electron chi connectivity index (χ2n) is 7.18. The highest BCUT2D eigenvalue weighted by Gasteiger charge is 2.35. The minimum Gasteiger partial charge on any atom is -0.497 e. The molecule has 0 bridgehead atoms. The van der Waals surface area contributed by atoms with Gasteiger partial charge in [-0.25, -0.2) is 9.18 Å². The number of nitrogens with zero attached hydrogens (tertiary/aromatic N) is 3. The molecular weight excluding hydrogens is 389 g/mol. The number of carbonyl (C=O) groups is 1. The second-order valence-corrected chi connectivity index (χ2v) is 7.18. The maximum atomic E-state index is 13.1. The highest BCUT2D eigenvalue weighted by atomic mass is 19.1. The first-order chi connectivity index (χ1) is 14.5. The zero-order valence-corrected chi connectivity index (χ0v) is 16.6. The number of methoxy groups -OCH3 is 1. The van der Waals surface area contributed by atoms with Gasteiger partial charge in [-0.1, -0.05) is 5.16 Å². The molecule has 156 valence electrons. The van der Waals surface area contributed by atoms with Gasteiger partial charge >= 0.3 is 6.03 Å². The standard InChI is InChI=1S/C21H22FN5O3/c1-27-12-16(24-21(28)23-15-7-9-17(29-2)10-8-15)11-18(27)20-25-19(26-30-20)13-3-5-14(22)6-4-13/h3-10,16,18H,11-12H2,1-2H3,(H2,23,24,28)/t16-,18-/m0/s1. The number of ether oxygens (including phenoxy) is 1. The number of benzene rings is 2. The lowest BCUT2D eigenvalue weighted by Crippen LogP contribution is -2.39. The van der Waals surface area contributed by atoms with Gasteiger partial charge in [0, 0.05) is 23.8 Å². The number of nitrogens with one attached hydrogen (secondary N) is 2. The van der Waals surface area contributed by atoms with Gasteiger partial charge in [0.15, 0.2) is 0 Å². The Bertz CT molecular complexity index is 1010. The maximum Gasteiger partial charge on any atom is 0.319 e. The highest BCUT2D eigenvalue weighted by molar-refractivity contribution is 5.89. The zero-order valence-electron chi connectivity index (χ0n) is 16.6. The predicted molar refractivity (Wildman–Crippen MR) is 109 cm³/mol. The van der Waals surface area contributed by atoms with Crippen molar-refractivity contribution < 1.29 is 18.4 Å². The quantitative estimate of drug-likeness (QED) is 0.668. The van der Waals surface area contributed by atoms with Crippen molar-refractivity contribution in [1.29, 1.82) is 0 Å². The van der Waals surface area contributed by atoms with Crippen LogP contribution in [0.4, 0.5) is 14.9 Å². The van der Waals surface area contributed by atoms with E-state index in [1.807, 2.05) is 7.05 Å². The summed E-state index contributed by atoms with van der Waals surface area (Å²) in [5.74, 6) is 1.28. The Morgan fingerprint density at radius 2 is 1.93 bits per heavy atom. The highest BCUT2D eigenvalue weighted by Crippen LogP contribution is 2.31. The molecule has 3 aromatic rings. The minimum atomic E-state index is -0.320. The van der Waals surface area contributed by atoms with Crippen molar-refractivity contribution in [2.75, 3.05) is 26.0 Å². The van der Waals surface area contributed by atoms with Crippen molar-refractivity contribution in [2.24, 2.45) is 0 Å². The Labute approximate surface area is 173 Å². The van der Waals surface area contributed by atoms with Crippen LogP contribution in [0.15, 0.2) is 53.1 Å². The molecule has 1 aliphatic heterocycles. The van der Waals surface area contributed by atoms with E-state index in [0.29, 0.717) is 35.9 Å². The molecule has 1 aromatic heterocycles. The van der Waals surface area contributed by atoms with E-state index in [1.165, 1.54) is 12.1 Å². The average Bonchev–Trinajstić information content (AvgIpc) is 3.35. The number of urea groups is 1. The van der Waals surface area contributed by atoms with Crippen LogP contribution >= 0.6 is 0 Å². The third kappa shape index (κ3) is 4.41. The zero-order chi connectivity index (χ0) is 21.1. The first-order valence-corrected chi connectivity index (χ1v) is 9.53. The van der Waals surface area contributed by atoms with Crippen LogP contribution in [0, 0.1) is 5.82 Å². The summed E-state index contributed by atoms with van der Waals surface area (Å²) in [7, 11) is 3.53. The molecule has 0 spiro atoms. The summed E-state index contributed by atoms with van der Waals surface area (Å²) < 4.78 is 23.7. The molecule has 2 N–H and O–H groups in total. The molecule has 2 amide bonds. The lowest BCUT2D eigenvalue weighted by Gasteiger charge is -2.14. The maximum absolute atomic E-state index is 13.1. The summed E-state index contributed by atoms with van der Waals surface area (Å²) in [6.45, 7) is 0.648. The molecule has 0 aliphatic carbocycles. The number of rotatable bonds is 5. The molecule has 1 fully saturated rings. The Balaban J connectivity index is 1.36. The van der Waals surface area contributed by atoms with E-state index in [0.717, 1.165) is 5.75 Å². The SMILES string of the molecule is COc1ccc(NC(=O)N[C@H]2C[C@@H](c3nc(-c4ccc(F)cc4)no3)N(C)C2)cc1. The van der Waals surface area contributed by atoms with Crippen LogP contribution < -0.4 is 15.4 Å². The predicted octanol–water partition coefficient (Wildman–Crippen LogP) is 3.45. The topological polar surface area (TPSA) is 92.5 Å². The first-order valence-electron chi connectivity index (χ1n) is 9.53. The van der Waals surface area contributed by atoms with Crippen LogP contribution in [0.25, 0.3) is 11.4 Å². The van der Waals surface area contributed by atoms with E-state index in [1.54, 1.807) is 43.5 Å². The van der Waals surface area contributed by atoms with Crippen LogP contribution in [0.5, 0.6) is 5.75 Å². The van der Waals surface area contributed by atoms with E-state index in [-0.39, 0.29) is 23.9 Å². The number of hydrogen-bond donors (Lipinski definition) is 2. The van der Waals surface area contributed by atoms with Gasteiger partial charge in [0.1, 0.15) is 11.6 Å². The first kappa shape index (κ1) is 19.8. The number of amides is 2. The van der Waals surface area contributed by atoms with Crippen molar-refractivity contribution >= 4 is 11.7 Å². The van der Waals surface area contributed by atoms with Crippen molar-refractivity contribution in [2.45, 2.75) is 18.5 Å². The van der Waals surface area contributed by atoms with Gasteiger partial charge < -0.3 is 19.9 Å². The van der Waals surface area contributed by atoms with Gasteiger partial charge in [0.25, 0.3) is 0 Å². The Morgan fingerprint density at radius 1 is 1.20 bits per heavy atom. The third-order valence-electron chi connectivity index (χ3n) is 5.06. The van der Waals surface area contributed by atoms with Crippen LogP contribution in [0.2, 0.25) is 0 Å². The molecule has 0 radical (unpaired) electrons. The van der Waals surface area contributed by atoms with Crippen LogP contribution in [0.3, 0.4) is 0 Å². The summed E-state index contributed by atoms with van der Waals surface area (Å²) in [5, 5.41) is 9.80. The monoisotopic (exact) mass is 411 g/mol. The van der Waals surface area contributed by atoms with E-state index in [2.05, 4.69) is 25.7 Å². The van der Waals surface area contributed by atoms with Crippen molar-refractivity contribution in [1.82, 2.24) is 20.4 Å².